The highest BCUT2D eigenvalue weighted by atomic mass is 32.1. The highest BCUT2D eigenvalue weighted by molar-refractivity contribution is 7.07. The van der Waals surface area contributed by atoms with Gasteiger partial charge in [0.1, 0.15) is 0 Å². The molecule has 1 aromatic heterocycles. The Kier molecular flexibility index (Phi) is 3.72. The first kappa shape index (κ1) is 10.9. The minimum Gasteiger partial charge on any atom is -0.378 e. The van der Waals surface area contributed by atoms with E-state index in [1.165, 1.54) is 0 Å². The molecule has 0 radical (unpaired) electrons. The zero-order chi connectivity index (χ0) is 11.2. The van der Waals surface area contributed by atoms with Crippen molar-refractivity contribution < 1.29 is 4.79 Å². The van der Waals surface area contributed by atoms with E-state index in [1.54, 1.807) is 11.3 Å². The topological polar surface area (TPSA) is 29.1 Å². The van der Waals surface area contributed by atoms with Gasteiger partial charge in [0.25, 0.3) is 0 Å². The van der Waals surface area contributed by atoms with Gasteiger partial charge in [-0.15, -0.1) is 0 Å². The van der Waals surface area contributed by atoms with Crippen LogP contribution in [0.2, 0.25) is 0 Å². The van der Waals surface area contributed by atoms with Crippen LogP contribution < -0.4 is 5.32 Å². The van der Waals surface area contributed by atoms with Crippen LogP contribution in [0.3, 0.4) is 0 Å². The lowest BCUT2D eigenvalue weighted by molar-refractivity contribution is -0.116. The summed E-state index contributed by atoms with van der Waals surface area (Å²) in [5.74, 6) is 0.210. The summed E-state index contributed by atoms with van der Waals surface area (Å²) in [4.78, 5) is 11.6. The summed E-state index contributed by atoms with van der Waals surface area (Å²) >= 11 is 1.62. The standard InChI is InChI=1S/C13H13NOS/c15-13(8-11-6-7-16-10-11)9-14-12-4-2-1-3-5-12/h1-7,10,14H,8-9H2. The molecule has 0 aliphatic heterocycles. The third-order valence-corrected chi connectivity index (χ3v) is 2.98. The number of carbonyl (C=O) groups excluding carboxylic acids is 1. The molecule has 2 nitrogen and oxygen atoms in total. The second-order valence-corrected chi connectivity index (χ2v) is 4.35. The average Bonchev–Trinajstić information content (AvgIpc) is 2.81. The molecule has 0 amide bonds. The Morgan fingerprint density at radius 1 is 1.19 bits per heavy atom. The summed E-state index contributed by atoms with van der Waals surface area (Å²) in [5.41, 5.74) is 2.09. The van der Waals surface area contributed by atoms with Gasteiger partial charge in [0.2, 0.25) is 0 Å². The molecular formula is C13H13NOS. The molecule has 0 saturated carbocycles. The van der Waals surface area contributed by atoms with Crippen LogP contribution >= 0.6 is 11.3 Å². The van der Waals surface area contributed by atoms with Gasteiger partial charge in [-0.3, -0.25) is 4.79 Å². The second-order valence-electron chi connectivity index (χ2n) is 3.57. The number of hydrogen-bond donors (Lipinski definition) is 1. The zero-order valence-electron chi connectivity index (χ0n) is 8.85. The molecular weight excluding hydrogens is 218 g/mol. The lowest BCUT2D eigenvalue weighted by Crippen LogP contribution is -2.15. The van der Waals surface area contributed by atoms with Gasteiger partial charge >= 0.3 is 0 Å². The molecule has 0 aliphatic rings. The molecule has 1 N–H and O–H groups in total. The zero-order valence-corrected chi connectivity index (χ0v) is 9.67. The van der Waals surface area contributed by atoms with Crippen molar-refractivity contribution in [2.24, 2.45) is 0 Å². The highest BCUT2D eigenvalue weighted by Gasteiger charge is 2.03. The molecule has 1 heterocycles. The van der Waals surface area contributed by atoms with Crippen LogP contribution in [0.25, 0.3) is 0 Å². The molecule has 16 heavy (non-hydrogen) atoms. The Hall–Kier alpha value is -1.61. The van der Waals surface area contributed by atoms with Gasteiger partial charge in [-0.05, 0) is 34.5 Å². The third-order valence-electron chi connectivity index (χ3n) is 2.24. The van der Waals surface area contributed by atoms with Crippen molar-refractivity contribution in [1.82, 2.24) is 0 Å². The van der Waals surface area contributed by atoms with Crippen LogP contribution in [-0.4, -0.2) is 12.3 Å². The van der Waals surface area contributed by atoms with Crippen LogP contribution in [0.5, 0.6) is 0 Å². The maximum absolute atomic E-state index is 11.6. The smallest absolute Gasteiger partial charge is 0.156 e. The monoisotopic (exact) mass is 231 g/mol. The summed E-state index contributed by atoms with van der Waals surface area (Å²) in [6, 6.07) is 11.8. The number of carbonyl (C=O) groups is 1. The molecule has 0 unspecified atom stereocenters. The number of rotatable bonds is 5. The first-order chi connectivity index (χ1) is 7.84. The summed E-state index contributed by atoms with van der Waals surface area (Å²) in [6.07, 6.45) is 0.517. The van der Waals surface area contributed by atoms with Crippen LogP contribution in [0, 0.1) is 0 Å². The van der Waals surface area contributed by atoms with E-state index in [0.717, 1.165) is 11.3 Å². The maximum Gasteiger partial charge on any atom is 0.156 e. The molecule has 2 rings (SSSR count). The molecule has 0 bridgehead atoms. The number of anilines is 1. The SMILES string of the molecule is O=C(CNc1ccccc1)Cc1ccsc1. The second kappa shape index (κ2) is 5.47. The molecule has 1 aromatic carbocycles. The van der Waals surface area contributed by atoms with Gasteiger partial charge in [-0.1, -0.05) is 18.2 Å². The molecule has 2 aromatic rings. The number of para-hydroxylation sites is 1. The number of nitrogens with one attached hydrogen (secondary N) is 1. The fourth-order valence-electron chi connectivity index (χ4n) is 1.44. The van der Waals surface area contributed by atoms with Gasteiger partial charge in [-0.25, -0.2) is 0 Å². The van der Waals surface area contributed by atoms with Gasteiger partial charge in [-0.2, -0.15) is 11.3 Å². The van der Waals surface area contributed by atoms with E-state index in [2.05, 4.69) is 5.32 Å². The van der Waals surface area contributed by atoms with Gasteiger partial charge < -0.3 is 5.32 Å². The van der Waals surface area contributed by atoms with Crippen molar-refractivity contribution >= 4 is 22.8 Å². The summed E-state index contributed by atoms with van der Waals surface area (Å²) < 4.78 is 0. The molecule has 0 spiro atoms. The molecule has 0 aliphatic carbocycles. The maximum atomic E-state index is 11.6. The van der Waals surface area contributed by atoms with E-state index in [1.807, 2.05) is 47.2 Å². The predicted octanol–water partition coefficient (Wildman–Crippen LogP) is 2.97. The Morgan fingerprint density at radius 3 is 2.69 bits per heavy atom. The largest absolute Gasteiger partial charge is 0.378 e. The van der Waals surface area contributed by atoms with Gasteiger partial charge in [0.05, 0.1) is 6.54 Å². The number of hydrogen-bond acceptors (Lipinski definition) is 3. The number of Topliss-reactive ketones (excluding diaryl/α,β-unsaturated/α-hetero) is 1. The van der Waals surface area contributed by atoms with Crippen molar-refractivity contribution in [2.75, 3.05) is 11.9 Å². The van der Waals surface area contributed by atoms with Crippen molar-refractivity contribution in [1.29, 1.82) is 0 Å². The fraction of sp³-hybridized carbons (Fsp3) is 0.154. The van der Waals surface area contributed by atoms with Crippen LogP contribution in [0.1, 0.15) is 5.56 Å². The fourth-order valence-corrected chi connectivity index (χ4v) is 2.11. The quantitative estimate of drug-likeness (QED) is 0.857. The van der Waals surface area contributed by atoms with E-state index in [-0.39, 0.29) is 5.78 Å². The molecule has 0 fully saturated rings. The van der Waals surface area contributed by atoms with E-state index >= 15 is 0 Å². The lowest BCUT2D eigenvalue weighted by Gasteiger charge is -2.04. The normalized spacial score (nSPS) is 10.0. The summed E-state index contributed by atoms with van der Waals surface area (Å²) in [6.45, 7) is 0.389. The lowest BCUT2D eigenvalue weighted by atomic mass is 10.2. The third kappa shape index (κ3) is 3.21. The molecule has 3 heteroatoms. The summed E-state index contributed by atoms with van der Waals surface area (Å²) in [7, 11) is 0. The Labute approximate surface area is 98.9 Å². The number of thiophene rings is 1. The van der Waals surface area contributed by atoms with Crippen molar-refractivity contribution in [3.05, 3.63) is 52.7 Å². The van der Waals surface area contributed by atoms with Crippen LogP contribution in [0.4, 0.5) is 5.69 Å². The van der Waals surface area contributed by atoms with Crippen molar-refractivity contribution in [3.8, 4) is 0 Å². The molecule has 82 valence electrons. The van der Waals surface area contributed by atoms with E-state index in [9.17, 15) is 4.79 Å². The van der Waals surface area contributed by atoms with E-state index in [0.29, 0.717) is 13.0 Å². The minimum atomic E-state index is 0.210. The number of benzene rings is 1. The van der Waals surface area contributed by atoms with Gasteiger partial charge in [0.15, 0.2) is 5.78 Å². The summed E-state index contributed by atoms with van der Waals surface area (Å²) in [5, 5.41) is 7.12. The van der Waals surface area contributed by atoms with Crippen LogP contribution in [-0.2, 0) is 11.2 Å². The molecule has 0 atom stereocenters. The number of ketones is 1. The Morgan fingerprint density at radius 2 is 2.00 bits per heavy atom. The Balaban J connectivity index is 1.80. The molecule has 0 saturated heterocycles. The predicted molar refractivity (Wildman–Crippen MR) is 68.0 cm³/mol. The Bertz CT molecular complexity index is 436. The first-order valence-electron chi connectivity index (χ1n) is 5.16. The minimum absolute atomic E-state index is 0.210. The van der Waals surface area contributed by atoms with E-state index in [4.69, 9.17) is 0 Å². The van der Waals surface area contributed by atoms with E-state index < -0.39 is 0 Å². The average molecular weight is 231 g/mol. The first-order valence-corrected chi connectivity index (χ1v) is 6.10. The van der Waals surface area contributed by atoms with Crippen molar-refractivity contribution in [3.63, 3.8) is 0 Å². The highest BCUT2D eigenvalue weighted by Crippen LogP contribution is 2.08. The van der Waals surface area contributed by atoms with Crippen LogP contribution in [0.15, 0.2) is 47.2 Å². The van der Waals surface area contributed by atoms with Gasteiger partial charge in [0, 0.05) is 12.1 Å². The van der Waals surface area contributed by atoms with Crippen molar-refractivity contribution in [2.45, 2.75) is 6.42 Å².